The molecular weight excluding hydrogens is 284 g/mol. The Hall–Kier alpha value is -1.23. The van der Waals surface area contributed by atoms with E-state index in [2.05, 4.69) is 15.9 Å². The fourth-order valence-corrected chi connectivity index (χ4v) is 4.26. The number of hydrogen-bond acceptors (Lipinski definition) is 4. The van der Waals surface area contributed by atoms with Crippen LogP contribution in [0.15, 0.2) is 23.1 Å². The summed E-state index contributed by atoms with van der Waals surface area (Å²) >= 11 is 0. The number of piperidine rings is 1. The van der Waals surface area contributed by atoms with Gasteiger partial charge in [0, 0.05) is 38.1 Å². The summed E-state index contributed by atoms with van der Waals surface area (Å²) in [5.41, 5.74) is 2.07. The zero-order valence-electron chi connectivity index (χ0n) is 12.7. The molecule has 2 aliphatic rings. The fraction of sp³-hybridized carbons (Fsp3) is 0.625. The maximum absolute atomic E-state index is 12.1. The van der Waals surface area contributed by atoms with Crippen LogP contribution in [0.2, 0.25) is 0 Å². The molecule has 0 bridgehead atoms. The molecule has 0 aromatic heterocycles. The van der Waals surface area contributed by atoms with Crippen molar-refractivity contribution in [3.05, 3.63) is 18.2 Å². The molecule has 1 aromatic rings. The molecule has 3 rings (SSSR count). The van der Waals surface area contributed by atoms with Gasteiger partial charge in [0.05, 0.1) is 10.6 Å². The summed E-state index contributed by atoms with van der Waals surface area (Å²) < 4.78 is 24.2. The van der Waals surface area contributed by atoms with Gasteiger partial charge in [-0.1, -0.05) is 0 Å². The Labute approximate surface area is 127 Å². The highest BCUT2D eigenvalue weighted by Gasteiger charge is 2.22. The Balaban J connectivity index is 2.00. The van der Waals surface area contributed by atoms with Crippen LogP contribution >= 0.6 is 0 Å². The van der Waals surface area contributed by atoms with Gasteiger partial charge in [0.15, 0.2) is 9.84 Å². The van der Waals surface area contributed by atoms with Crippen LogP contribution < -0.4 is 9.80 Å². The Morgan fingerprint density at radius 1 is 0.857 bits per heavy atom. The summed E-state index contributed by atoms with van der Waals surface area (Å²) in [4.78, 5) is 5.09. The Morgan fingerprint density at radius 2 is 1.43 bits per heavy atom. The van der Waals surface area contributed by atoms with Gasteiger partial charge >= 0.3 is 0 Å². The van der Waals surface area contributed by atoms with Crippen LogP contribution in [0.5, 0.6) is 0 Å². The van der Waals surface area contributed by atoms with Crippen molar-refractivity contribution >= 4 is 21.2 Å². The minimum atomic E-state index is -3.18. The summed E-state index contributed by atoms with van der Waals surface area (Å²) in [5, 5.41) is 0. The van der Waals surface area contributed by atoms with Crippen molar-refractivity contribution in [2.45, 2.75) is 37.0 Å². The molecule has 0 radical (unpaired) electrons. The first kappa shape index (κ1) is 14.7. The third-order valence-electron chi connectivity index (χ3n) is 4.51. The number of anilines is 2. The fourth-order valence-electron chi connectivity index (χ4n) is 3.37. The minimum absolute atomic E-state index is 0.479. The van der Waals surface area contributed by atoms with E-state index in [0.29, 0.717) is 4.90 Å². The Kier molecular flexibility index (Phi) is 4.11. The van der Waals surface area contributed by atoms with Gasteiger partial charge in [0.2, 0.25) is 0 Å². The molecule has 0 atom stereocenters. The highest BCUT2D eigenvalue weighted by Crippen LogP contribution is 2.33. The molecule has 116 valence electrons. The molecule has 2 heterocycles. The molecule has 2 fully saturated rings. The molecule has 21 heavy (non-hydrogen) atoms. The SMILES string of the molecule is CS(=O)(=O)c1ccc(N2CCCC2)cc1N1CCCCC1. The predicted octanol–water partition coefficient (Wildman–Crippen LogP) is 2.68. The van der Waals surface area contributed by atoms with Crippen molar-refractivity contribution in [2.75, 3.05) is 42.2 Å². The van der Waals surface area contributed by atoms with Crippen molar-refractivity contribution in [1.29, 1.82) is 0 Å². The topological polar surface area (TPSA) is 40.6 Å². The number of benzene rings is 1. The quantitative estimate of drug-likeness (QED) is 0.861. The highest BCUT2D eigenvalue weighted by molar-refractivity contribution is 7.90. The van der Waals surface area contributed by atoms with Crippen LogP contribution in [-0.2, 0) is 9.84 Å². The summed E-state index contributed by atoms with van der Waals surface area (Å²) in [5.74, 6) is 0. The van der Waals surface area contributed by atoms with Crippen molar-refractivity contribution in [3.63, 3.8) is 0 Å². The van der Waals surface area contributed by atoms with Gasteiger partial charge in [-0.25, -0.2) is 8.42 Å². The molecule has 4 nitrogen and oxygen atoms in total. The standard InChI is InChI=1S/C16H24N2O2S/c1-21(19,20)16-8-7-14(17-9-5-6-10-17)13-15(16)18-11-3-2-4-12-18/h7-8,13H,2-6,9-12H2,1H3. The second kappa shape index (κ2) is 5.87. The normalized spacial score (nSPS) is 20.0. The molecule has 0 saturated carbocycles. The lowest BCUT2D eigenvalue weighted by atomic mass is 10.1. The van der Waals surface area contributed by atoms with Crippen LogP contribution in [0.1, 0.15) is 32.1 Å². The zero-order valence-corrected chi connectivity index (χ0v) is 13.5. The van der Waals surface area contributed by atoms with Crippen LogP contribution in [0.25, 0.3) is 0 Å². The number of nitrogens with zero attached hydrogens (tertiary/aromatic N) is 2. The lowest BCUT2D eigenvalue weighted by Crippen LogP contribution is -2.31. The molecule has 2 aliphatic heterocycles. The third-order valence-corrected chi connectivity index (χ3v) is 5.65. The maximum atomic E-state index is 12.1. The monoisotopic (exact) mass is 308 g/mol. The molecule has 0 aliphatic carbocycles. The lowest BCUT2D eigenvalue weighted by Gasteiger charge is -2.31. The largest absolute Gasteiger partial charge is 0.371 e. The summed E-state index contributed by atoms with van der Waals surface area (Å²) in [7, 11) is -3.18. The van der Waals surface area contributed by atoms with E-state index >= 15 is 0 Å². The van der Waals surface area contributed by atoms with Gasteiger partial charge in [-0.15, -0.1) is 0 Å². The minimum Gasteiger partial charge on any atom is -0.371 e. The maximum Gasteiger partial charge on any atom is 0.177 e. The summed E-state index contributed by atoms with van der Waals surface area (Å²) in [6, 6.07) is 5.86. The molecule has 5 heteroatoms. The molecule has 2 saturated heterocycles. The third kappa shape index (κ3) is 3.18. The average molecular weight is 308 g/mol. The van der Waals surface area contributed by atoms with Crippen molar-refractivity contribution in [3.8, 4) is 0 Å². The summed E-state index contributed by atoms with van der Waals surface area (Å²) in [6.45, 7) is 4.09. The molecule has 0 spiro atoms. The van der Waals surface area contributed by atoms with E-state index in [1.54, 1.807) is 6.07 Å². The molecule has 1 aromatic carbocycles. The van der Waals surface area contributed by atoms with Gasteiger partial charge in [0.1, 0.15) is 0 Å². The smallest absolute Gasteiger partial charge is 0.177 e. The van der Waals surface area contributed by atoms with E-state index in [1.165, 1.54) is 31.2 Å². The number of rotatable bonds is 3. The molecule has 0 N–H and O–H groups in total. The van der Waals surface area contributed by atoms with E-state index in [-0.39, 0.29) is 0 Å². The average Bonchev–Trinajstić information content (AvgIpc) is 3.01. The van der Waals surface area contributed by atoms with E-state index in [4.69, 9.17) is 0 Å². The van der Waals surface area contributed by atoms with Gasteiger partial charge in [0.25, 0.3) is 0 Å². The van der Waals surface area contributed by atoms with Gasteiger partial charge < -0.3 is 9.80 Å². The van der Waals surface area contributed by atoms with E-state index in [1.807, 2.05) is 6.07 Å². The zero-order chi connectivity index (χ0) is 14.9. The highest BCUT2D eigenvalue weighted by atomic mass is 32.2. The van der Waals surface area contributed by atoms with Crippen molar-refractivity contribution < 1.29 is 8.42 Å². The van der Waals surface area contributed by atoms with E-state index in [0.717, 1.165) is 44.7 Å². The molecule has 0 amide bonds. The van der Waals surface area contributed by atoms with Crippen LogP contribution in [0, 0.1) is 0 Å². The van der Waals surface area contributed by atoms with Crippen molar-refractivity contribution in [1.82, 2.24) is 0 Å². The van der Waals surface area contributed by atoms with Crippen molar-refractivity contribution in [2.24, 2.45) is 0 Å². The first-order chi connectivity index (χ1) is 10.1. The molecule has 0 unspecified atom stereocenters. The molecular formula is C16H24N2O2S. The Morgan fingerprint density at radius 3 is 2.05 bits per heavy atom. The van der Waals surface area contributed by atoms with Gasteiger partial charge in [-0.2, -0.15) is 0 Å². The summed E-state index contributed by atoms with van der Waals surface area (Å²) in [6.07, 6.45) is 7.32. The second-order valence-electron chi connectivity index (χ2n) is 6.17. The second-order valence-corrected chi connectivity index (χ2v) is 8.15. The lowest BCUT2D eigenvalue weighted by molar-refractivity contribution is 0.571. The van der Waals surface area contributed by atoms with Crippen LogP contribution in [0.3, 0.4) is 0 Å². The van der Waals surface area contributed by atoms with Crippen LogP contribution in [0.4, 0.5) is 11.4 Å². The van der Waals surface area contributed by atoms with Gasteiger partial charge in [-0.05, 0) is 50.3 Å². The number of hydrogen-bond donors (Lipinski definition) is 0. The number of sulfone groups is 1. The van der Waals surface area contributed by atoms with Gasteiger partial charge in [-0.3, -0.25) is 0 Å². The van der Waals surface area contributed by atoms with E-state index in [9.17, 15) is 8.42 Å². The van der Waals surface area contributed by atoms with E-state index < -0.39 is 9.84 Å². The first-order valence-electron chi connectivity index (χ1n) is 7.90. The predicted molar refractivity (Wildman–Crippen MR) is 87.1 cm³/mol. The Bertz CT molecular complexity index is 601. The van der Waals surface area contributed by atoms with Crippen LogP contribution in [-0.4, -0.2) is 40.9 Å². The first-order valence-corrected chi connectivity index (χ1v) is 9.79.